The molecule has 0 aliphatic rings. The van der Waals surface area contributed by atoms with Crippen LogP contribution >= 0.6 is 22.6 Å². The van der Waals surface area contributed by atoms with Crippen LogP contribution in [-0.4, -0.2) is 0 Å². The van der Waals surface area contributed by atoms with E-state index in [9.17, 15) is 0 Å². The lowest BCUT2D eigenvalue weighted by Crippen LogP contribution is -2.06. The quantitative estimate of drug-likeness (QED) is 0.452. The van der Waals surface area contributed by atoms with Gasteiger partial charge in [-0.1, -0.05) is 0 Å². The number of nitrogen functional groups attached to an aromatic ring is 1. The van der Waals surface area contributed by atoms with E-state index < -0.39 is 0 Å². The maximum Gasteiger partial charge on any atom is 0.0498 e. The van der Waals surface area contributed by atoms with Crippen molar-refractivity contribution in [1.29, 1.82) is 0 Å². The first kappa shape index (κ1) is 7.81. The Labute approximate surface area is 73.9 Å². The van der Waals surface area contributed by atoms with Gasteiger partial charge in [0.1, 0.15) is 0 Å². The van der Waals surface area contributed by atoms with Gasteiger partial charge in [0.25, 0.3) is 0 Å². The molecule has 0 amide bonds. The molecule has 0 saturated carbocycles. The highest BCUT2D eigenvalue weighted by Crippen LogP contribution is 2.14. The zero-order valence-electron chi connectivity index (χ0n) is 5.69. The minimum absolute atomic E-state index is 0.962. The number of anilines is 1. The van der Waals surface area contributed by atoms with Crippen molar-refractivity contribution < 1.29 is 0 Å². The molecule has 0 bridgehead atoms. The first-order valence-electron chi connectivity index (χ1n) is 2.96. The first-order valence-corrected chi connectivity index (χ1v) is 4.04. The van der Waals surface area contributed by atoms with Gasteiger partial charge in [0.15, 0.2) is 0 Å². The molecule has 2 nitrogen and oxygen atoms in total. The number of hydrogen-bond acceptors (Lipinski definition) is 2. The van der Waals surface area contributed by atoms with Crippen LogP contribution in [0.15, 0.2) is 18.2 Å². The Morgan fingerprint density at radius 1 is 1.40 bits per heavy atom. The van der Waals surface area contributed by atoms with Crippen molar-refractivity contribution in [3.63, 3.8) is 0 Å². The number of halogens is 1. The summed E-state index contributed by atoms with van der Waals surface area (Å²) >= 11 is 2.26. The average molecular weight is 248 g/mol. The number of hydrazine groups is 1. The molecule has 0 aliphatic carbocycles. The number of benzene rings is 1. The number of aryl methyl sites for hydroxylation is 1. The molecule has 1 aromatic carbocycles. The van der Waals surface area contributed by atoms with E-state index in [1.54, 1.807) is 0 Å². The molecule has 0 fully saturated rings. The Bertz CT molecular complexity index is 215. The molecule has 0 heterocycles. The maximum absolute atomic E-state index is 5.23. The zero-order chi connectivity index (χ0) is 7.56. The second-order valence-electron chi connectivity index (χ2n) is 2.16. The van der Waals surface area contributed by atoms with Gasteiger partial charge in [-0.15, -0.1) is 0 Å². The van der Waals surface area contributed by atoms with Crippen molar-refractivity contribution in [2.24, 2.45) is 5.84 Å². The Morgan fingerprint density at radius 3 is 2.60 bits per heavy atom. The number of hydrogen-bond donors (Lipinski definition) is 2. The van der Waals surface area contributed by atoms with Gasteiger partial charge >= 0.3 is 0 Å². The molecule has 10 heavy (non-hydrogen) atoms. The molecular formula is C7H9IN2. The van der Waals surface area contributed by atoms with E-state index in [-0.39, 0.29) is 0 Å². The van der Waals surface area contributed by atoms with Crippen molar-refractivity contribution in [3.8, 4) is 0 Å². The van der Waals surface area contributed by atoms with Crippen molar-refractivity contribution in [2.75, 3.05) is 5.43 Å². The molecule has 0 unspecified atom stereocenters. The van der Waals surface area contributed by atoms with E-state index in [4.69, 9.17) is 5.84 Å². The predicted octanol–water partition coefficient (Wildman–Crippen LogP) is 1.89. The number of rotatable bonds is 1. The Morgan fingerprint density at radius 2 is 2.10 bits per heavy atom. The Hall–Kier alpha value is -0.290. The summed E-state index contributed by atoms with van der Waals surface area (Å²) in [6, 6.07) is 6.09. The lowest BCUT2D eigenvalue weighted by atomic mass is 10.2. The lowest BCUT2D eigenvalue weighted by molar-refractivity contribution is 1.32. The highest BCUT2D eigenvalue weighted by molar-refractivity contribution is 14.1. The van der Waals surface area contributed by atoms with Crippen LogP contribution in [0, 0.1) is 10.5 Å². The summed E-state index contributed by atoms with van der Waals surface area (Å²) in [6.45, 7) is 2.04. The van der Waals surface area contributed by atoms with E-state index in [0.717, 1.165) is 5.69 Å². The smallest absolute Gasteiger partial charge is 0.0498 e. The summed E-state index contributed by atoms with van der Waals surface area (Å²) in [4.78, 5) is 0. The van der Waals surface area contributed by atoms with Crippen LogP contribution in [0.5, 0.6) is 0 Å². The van der Waals surface area contributed by atoms with Crippen LogP contribution in [0.4, 0.5) is 5.69 Å². The standard InChI is InChI=1S/C7H9IN2/c1-5-2-6(8)4-7(3-5)10-9/h2-4,10H,9H2,1H3. The van der Waals surface area contributed by atoms with Crippen LogP contribution in [0.25, 0.3) is 0 Å². The van der Waals surface area contributed by atoms with Gasteiger partial charge in [0.05, 0.1) is 0 Å². The second-order valence-corrected chi connectivity index (χ2v) is 3.41. The fraction of sp³-hybridized carbons (Fsp3) is 0.143. The molecule has 1 aromatic rings. The van der Waals surface area contributed by atoms with Gasteiger partial charge in [-0.3, -0.25) is 5.84 Å². The summed E-state index contributed by atoms with van der Waals surface area (Å²) in [5, 5.41) is 0. The van der Waals surface area contributed by atoms with Crippen molar-refractivity contribution >= 4 is 28.3 Å². The third kappa shape index (κ3) is 1.85. The molecule has 0 radical (unpaired) electrons. The van der Waals surface area contributed by atoms with Crippen LogP contribution in [0.3, 0.4) is 0 Å². The largest absolute Gasteiger partial charge is 0.324 e. The molecule has 0 saturated heterocycles. The van der Waals surface area contributed by atoms with Crippen molar-refractivity contribution in [3.05, 3.63) is 27.3 Å². The van der Waals surface area contributed by atoms with Gasteiger partial charge in [0.2, 0.25) is 0 Å². The topological polar surface area (TPSA) is 38.0 Å². The summed E-state index contributed by atoms with van der Waals surface area (Å²) in [5.74, 6) is 5.23. The molecule has 54 valence electrons. The first-order chi connectivity index (χ1) is 4.72. The van der Waals surface area contributed by atoms with Gasteiger partial charge in [-0.2, -0.15) is 0 Å². The molecular weight excluding hydrogens is 239 g/mol. The van der Waals surface area contributed by atoms with Crippen LogP contribution < -0.4 is 11.3 Å². The summed E-state index contributed by atoms with van der Waals surface area (Å²) in [5.41, 5.74) is 4.79. The normalized spacial score (nSPS) is 9.50. The molecule has 0 spiro atoms. The SMILES string of the molecule is Cc1cc(I)cc(NN)c1. The lowest BCUT2D eigenvalue weighted by Gasteiger charge is -2.01. The van der Waals surface area contributed by atoms with Crippen LogP contribution in [0.1, 0.15) is 5.56 Å². The zero-order valence-corrected chi connectivity index (χ0v) is 7.84. The minimum atomic E-state index is 0.962. The number of nitrogens with one attached hydrogen (secondary N) is 1. The van der Waals surface area contributed by atoms with Gasteiger partial charge in [0, 0.05) is 9.26 Å². The summed E-state index contributed by atoms with van der Waals surface area (Å²) in [7, 11) is 0. The fourth-order valence-corrected chi connectivity index (χ4v) is 1.65. The molecule has 0 aliphatic heterocycles. The predicted molar refractivity (Wildman–Crippen MR) is 51.7 cm³/mol. The maximum atomic E-state index is 5.23. The van der Waals surface area contributed by atoms with Gasteiger partial charge in [-0.25, -0.2) is 0 Å². The van der Waals surface area contributed by atoms with Gasteiger partial charge < -0.3 is 5.43 Å². The number of nitrogens with two attached hydrogens (primary N) is 1. The Balaban J connectivity index is 3.06. The van der Waals surface area contributed by atoms with Crippen LogP contribution in [0.2, 0.25) is 0 Å². The van der Waals surface area contributed by atoms with E-state index >= 15 is 0 Å². The summed E-state index contributed by atoms with van der Waals surface area (Å²) < 4.78 is 1.20. The highest BCUT2D eigenvalue weighted by atomic mass is 127. The molecule has 1 rings (SSSR count). The highest BCUT2D eigenvalue weighted by Gasteiger charge is 1.92. The molecule has 0 aromatic heterocycles. The van der Waals surface area contributed by atoms with Gasteiger partial charge in [-0.05, 0) is 53.3 Å². The third-order valence-electron chi connectivity index (χ3n) is 1.21. The van der Waals surface area contributed by atoms with E-state index in [0.29, 0.717) is 0 Å². The second kappa shape index (κ2) is 3.21. The van der Waals surface area contributed by atoms with E-state index in [1.807, 2.05) is 19.1 Å². The third-order valence-corrected chi connectivity index (χ3v) is 1.83. The van der Waals surface area contributed by atoms with Crippen molar-refractivity contribution in [2.45, 2.75) is 6.92 Å². The van der Waals surface area contributed by atoms with Crippen molar-refractivity contribution in [1.82, 2.24) is 0 Å². The van der Waals surface area contributed by atoms with Crippen LogP contribution in [-0.2, 0) is 0 Å². The summed E-state index contributed by atoms with van der Waals surface area (Å²) in [6.07, 6.45) is 0. The fourth-order valence-electron chi connectivity index (χ4n) is 0.820. The molecule has 0 atom stereocenters. The average Bonchev–Trinajstić information content (AvgIpc) is 1.85. The van der Waals surface area contributed by atoms with E-state index in [1.165, 1.54) is 9.13 Å². The molecule has 3 N–H and O–H groups in total. The van der Waals surface area contributed by atoms with E-state index in [2.05, 4.69) is 34.1 Å². The monoisotopic (exact) mass is 248 g/mol. The minimum Gasteiger partial charge on any atom is -0.324 e. The Kier molecular flexibility index (Phi) is 2.50. The molecule has 3 heteroatoms.